The van der Waals surface area contributed by atoms with Crippen molar-refractivity contribution < 1.29 is 14.0 Å². The molecule has 3 nitrogen and oxygen atoms in total. The third-order valence-electron chi connectivity index (χ3n) is 3.28. The summed E-state index contributed by atoms with van der Waals surface area (Å²) in [6.07, 6.45) is 5.68. The summed E-state index contributed by atoms with van der Waals surface area (Å²) < 4.78 is 5.62. The molecule has 0 N–H and O–H groups in total. The molecule has 0 radical (unpaired) electrons. The molecule has 0 aliphatic carbocycles. The first-order valence-electron chi connectivity index (χ1n) is 5.86. The van der Waals surface area contributed by atoms with Crippen molar-refractivity contribution in [3.8, 4) is 0 Å². The van der Waals surface area contributed by atoms with Crippen molar-refractivity contribution in [3.05, 3.63) is 24.8 Å². The Morgan fingerprint density at radius 3 is 2.50 bits per heavy atom. The maximum Gasteiger partial charge on any atom is 0.338 e. The number of esters is 1. The lowest BCUT2D eigenvalue weighted by Gasteiger charge is -2.41. The van der Waals surface area contributed by atoms with Crippen LogP contribution in [0.3, 0.4) is 0 Å². The Morgan fingerprint density at radius 2 is 2.00 bits per heavy atom. The molecule has 0 unspecified atom stereocenters. The number of quaternary nitrogens is 1. The zero-order valence-corrected chi connectivity index (χ0v) is 10.2. The third-order valence-corrected chi connectivity index (χ3v) is 3.28. The summed E-state index contributed by atoms with van der Waals surface area (Å²) in [5.41, 5.74) is 0.575. The molecule has 1 fully saturated rings. The molecule has 3 heteroatoms. The summed E-state index contributed by atoms with van der Waals surface area (Å²) in [4.78, 5) is 11.4. The Hall–Kier alpha value is -1.09. The van der Waals surface area contributed by atoms with Gasteiger partial charge in [0.15, 0.2) is 0 Å². The molecular weight excluding hydrogens is 202 g/mol. The number of hydrogen-bond acceptors (Lipinski definition) is 2. The fourth-order valence-corrected chi connectivity index (χ4v) is 2.48. The van der Waals surface area contributed by atoms with Crippen LogP contribution in [0.1, 0.15) is 19.3 Å². The Labute approximate surface area is 98.0 Å². The average molecular weight is 224 g/mol. The molecule has 16 heavy (non-hydrogen) atoms. The van der Waals surface area contributed by atoms with E-state index in [9.17, 15) is 4.79 Å². The number of piperidine rings is 1. The molecular formula is C13H22NO2+. The molecule has 0 aromatic rings. The van der Waals surface area contributed by atoms with Crippen LogP contribution in [-0.4, -0.2) is 43.7 Å². The standard InChI is InChI=1S/C13H22NO2/c1-4-8-14(9-6-5-7-10-14)11-12(2)13(15)16-3/h4H,1-2,5-11H2,3H3/q+1. The lowest BCUT2D eigenvalue weighted by atomic mass is 10.1. The number of carbonyl (C=O) groups excluding carboxylic acids is 1. The van der Waals surface area contributed by atoms with Gasteiger partial charge in [-0.25, -0.2) is 4.79 Å². The molecule has 1 heterocycles. The van der Waals surface area contributed by atoms with Crippen LogP contribution in [0.5, 0.6) is 0 Å². The van der Waals surface area contributed by atoms with Crippen molar-refractivity contribution in [1.82, 2.24) is 0 Å². The molecule has 1 saturated heterocycles. The number of hydrogen-bond donors (Lipinski definition) is 0. The van der Waals surface area contributed by atoms with Gasteiger partial charge in [0, 0.05) is 0 Å². The molecule has 0 atom stereocenters. The van der Waals surface area contributed by atoms with Crippen LogP contribution in [0, 0.1) is 0 Å². The Balaban J connectivity index is 2.66. The van der Waals surface area contributed by atoms with Crippen LogP contribution >= 0.6 is 0 Å². The highest BCUT2D eigenvalue weighted by Crippen LogP contribution is 2.20. The second kappa shape index (κ2) is 5.85. The maximum absolute atomic E-state index is 11.4. The number of carbonyl (C=O) groups is 1. The average Bonchev–Trinajstić information content (AvgIpc) is 2.29. The van der Waals surface area contributed by atoms with Gasteiger partial charge in [-0.2, -0.15) is 0 Å². The first kappa shape index (κ1) is 13.0. The van der Waals surface area contributed by atoms with Crippen LogP contribution in [0.2, 0.25) is 0 Å². The second-order valence-electron chi connectivity index (χ2n) is 4.57. The molecule has 0 spiro atoms. The summed E-state index contributed by atoms with van der Waals surface area (Å²) in [5.74, 6) is -0.285. The minimum absolute atomic E-state index is 0.285. The van der Waals surface area contributed by atoms with Gasteiger partial charge < -0.3 is 9.22 Å². The predicted molar refractivity (Wildman–Crippen MR) is 64.9 cm³/mol. The highest BCUT2D eigenvalue weighted by molar-refractivity contribution is 5.87. The van der Waals surface area contributed by atoms with Crippen molar-refractivity contribution >= 4 is 5.97 Å². The lowest BCUT2D eigenvalue weighted by molar-refractivity contribution is -0.922. The summed E-state index contributed by atoms with van der Waals surface area (Å²) >= 11 is 0. The second-order valence-corrected chi connectivity index (χ2v) is 4.57. The molecule has 0 bridgehead atoms. The maximum atomic E-state index is 11.4. The van der Waals surface area contributed by atoms with E-state index in [0.29, 0.717) is 12.1 Å². The molecule has 0 saturated carbocycles. The molecule has 1 aliphatic rings. The number of likely N-dealkylation sites (tertiary alicyclic amines) is 1. The Morgan fingerprint density at radius 1 is 1.38 bits per heavy atom. The van der Waals surface area contributed by atoms with Crippen molar-refractivity contribution in [3.63, 3.8) is 0 Å². The van der Waals surface area contributed by atoms with E-state index in [1.54, 1.807) is 0 Å². The molecule has 90 valence electrons. The van der Waals surface area contributed by atoms with E-state index in [0.717, 1.165) is 24.1 Å². The van der Waals surface area contributed by atoms with Crippen molar-refractivity contribution in [2.45, 2.75) is 19.3 Å². The van der Waals surface area contributed by atoms with Crippen molar-refractivity contribution in [2.75, 3.05) is 33.3 Å². The zero-order chi connectivity index (χ0) is 12.0. The third kappa shape index (κ3) is 3.20. The molecule has 0 aromatic heterocycles. The predicted octanol–water partition coefficient (Wildman–Crippen LogP) is 1.90. The van der Waals surface area contributed by atoms with Gasteiger partial charge in [-0.3, -0.25) is 0 Å². The smallest absolute Gasteiger partial charge is 0.338 e. The molecule has 1 aliphatic heterocycles. The van der Waals surface area contributed by atoms with E-state index in [1.165, 1.54) is 26.4 Å². The monoisotopic (exact) mass is 224 g/mol. The van der Waals surface area contributed by atoms with Gasteiger partial charge in [-0.1, -0.05) is 13.2 Å². The minimum Gasteiger partial charge on any atom is -0.466 e. The molecule has 0 aromatic carbocycles. The zero-order valence-electron chi connectivity index (χ0n) is 10.2. The van der Waals surface area contributed by atoms with E-state index in [-0.39, 0.29) is 5.97 Å². The lowest BCUT2D eigenvalue weighted by Crippen LogP contribution is -2.53. The van der Waals surface area contributed by atoms with E-state index < -0.39 is 0 Å². The number of methoxy groups -OCH3 is 1. The number of nitrogens with zero attached hydrogens (tertiary/aromatic N) is 1. The summed E-state index contributed by atoms with van der Waals surface area (Å²) in [5, 5.41) is 0. The summed E-state index contributed by atoms with van der Waals surface area (Å²) in [7, 11) is 1.40. The molecule has 0 amide bonds. The van der Waals surface area contributed by atoms with Crippen LogP contribution < -0.4 is 0 Å². The van der Waals surface area contributed by atoms with Crippen LogP contribution in [0.15, 0.2) is 24.8 Å². The fourth-order valence-electron chi connectivity index (χ4n) is 2.48. The van der Waals surface area contributed by atoms with Gasteiger partial charge in [0.25, 0.3) is 0 Å². The quantitative estimate of drug-likeness (QED) is 0.308. The van der Waals surface area contributed by atoms with E-state index in [4.69, 9.17) is 4.74 Å². The SMILES string of the molecule is C=CC[N+]1(CC(=C)C(=O)OC)CCCCC1. The molecule has 1 rings (SSSR count). The van der Waals surface area contributed by atoms with Crippen LogP contribution in [0.25, 0.3) is 0 Å². The minimum atomic E-state index is -0.285. The van der Waals surface area contributed by atoms with E-state index in [2.05, 4.69) is 13.2 Å². The van der Waals surface area contributed by atoms with Gasteiger partial charge in [0.2, 0.25) is 0 Å². The number of ether oxygens (including phenoxy) is 1. The normalized spacial score (nSPS) is 18.8. The van der Waals surface area contributed by atoms with Crippen molar-refractivity contribution in [2.24, 2.45) is 0 Å². The summed E-state index contributed by atoms with van der Waals surface area (Å²) in [6, 6.07) is 0. The topological polar surface area (TPSA) is 26.3 Å². The highest BCUT2D eigenvalue weighted by Gasteiger charge is 2.30. The first-order valence-corrected chi connectivity index (χ1v) is 5.86. The van der Waals surface area contributed by atoms with Gasteiger partial charge in [0.1, 0.15) is 6.54 Å². The van der Waals surface area contributed by atoms with Gasteiger partial charge >= 0.3 is 5.97 Å². The van der Waals surface area contributed by atoms with E-state index >= 15 is 0 Å². The van der Waals surface area contributed by atoms with Gasteiger partial charge in [-0.15, -0.1) is 0 Å². The number of rotatable bonds is 5. The van der Waals surface area contributed by atoms with Gasteiger partial charge in [-0.05, 0) is 25.3 Å². The van der Waals surface area contributed by atoms with E-state index in [1.807, 2.05) is 6.08 Å². The van der Waals surface area contributed by atoms with Gasteiger partial charge in [0.05, 0.1) is 32.3 Å². The first-order chi connectivity index (χ1) is 7.63. The van der Waals surface area contributed by atoms with Crippen LogP contribution in [0.4, 0.5) is 0 Å². The Bertz CT molecular complexity index is 278. The Kier molecular flexibility index (Phi) is 4.74. The van der Waals surface area contributed by atoms with Crippen molar-refractivity contribution in [1.29, 1.82) is 0 Å². The summed E-state index contributed by atoms with van der Waals surface area (Å²) in [6.45, 7) is 11.5. The largest absolute Gasteiger partial charge is 0.466 e. The van der Waals surface area contributed by atoms with Crippen LogP contribution in [-0.2, 0) is 9.53 Å². The highest BCUT2D eigenvalue weighted by atomic mass is 16.5. The fraction of sp³-hybridized carbons (Fsp3) is 0.615.